The molecule has 5 heteroatoms. The summed E-state index contributed by atoms with van der Waals surface area (Å²) in [6, 6.07) is 10.5. The van der Waals surface area contributed by atoms with Crippen LogP contribution in [-0.2, 0) is 4.74 Å². The average molecular weight is 342 g/mol. The summed E-state index contributed by atoms with van der Waals surface area (Å²) in [4.78, 5) is 15.1. The second kappa shape index (κ2) is 7.85. The minimum Gasteiger partial charge on any atom is -0.466 e. The Hall–Kier alpha value is -2.11. The summed E-state index contributed by atoms with van der Waals surface area (Å²) < 4.78 is 11.1. The summed E-state index contributed by atoms with van der Waals surface area (Å²) in [6.07, 6.45) is 0. The molecule has 0 spiro atoms. The van der Waals surface area contributed by atoms with Gasteiger partial charge in [0.15, 0.2) is 0 Å². The van der Waals surface area contributed by atoms with Gasteiger partial charge in [-0.2, -0.15) is 0 Å². The molecule has 3 rings (SSSR count). The maximum Gasteiger partial charge on any atom is 0.255 e. The molecule has 2 aromatic rings. The summed E-state index contributed by atoms with van der Waals surface area (Å²) in [5.41, 5.74) is 2.78. The van der Waals surface area contributed by atoms with Gasteiger partial charge in [0, 0.05) is 25.2 Å². The number of amides is 1. The van der Waals surface area contributed by atoms with Gasteiger partial charge < -0.3 is 14.5 Å². The number of carbonyl (C=O) groups is 1. The molecule has 0 saturated carbocycles. The van der Waals surface area contributed by atoms with Crippen molar-refractivity contribution in [2.24, 2.45) is 0 Å². The summed E-state index contributed by atoms with van der Waals surface area (Å²) in [6.45, 7) is 9.43. The molecule has 1 atom stereocenters. The van der Waals surface area contributed by atoms with Gasteiger partial charge in [0.25, 0.3) is 5.91 Å². The molecule has 1 saturated heterocycles. The van der Waals surface area contributed by atoms with Crippen LogP contribution >= 0.6 is 0 Å². The molecule has 1 aromatic heterocycles. The zero-order valence-corrected chi connectivity index (χ0v) is 15.2. The van der Waals surface area contributed by atoms with Crippen molar-refractivity contribution < 1.29 is 13.9 Å². The molecule has 1 aliphatic heterocycles. The standard InChI is InChI=1S/C20H26N2O3/c1-14-15(2)25-16(3)19(14)20(23)21-13-18(17-7-5-4-6-8-17)22-9-11-24-12-10-22/h4-8,18H,9-13H2,1-3H3,(H,21,23). The van der Waals surface area contributed by atoms with Crippen LogP contribution in [-0.4, -0.2) is 43.7 Å². The molecule has 25 heavy (non-hydrogen) atoms. The van der Waals surface area contributed by atoms with E-state index in [1.807, 2.05) is 39.0 Å². The molecular formula is C20H26N2O3. The Labute approximate surface area is 149 Å². The average Bonchev–Trinajstić information content (AvgIpc) is 2.89. The smallest absolute Gasteiger partial charge is 0.255 e. The van der Waals surface area contributed by atoms with Gasteiger partial charge in [-0.1, -0.05) is 30.3 Å². The largest absolute Gasteiger partial charge is 0.466 e. The van der Waals surface area contributed by atoms with Crippen molar-refractivity contribution in [3.8, 4) is 0 Å². The number of ether oxygens (including phenoxy) is 1. The Kier molecular flexibility index (Phi) is 5.56. The molecule has 2 heterocycles. The first-order valence-corrected chi connectivity index (χ1v) is 8.79. The molecule has 134 valence electrons. The van der Waals surface area contributed by atoms with Gasteiger partial charge in [-0.15, -0.1) is 0 Å². The molecule has 0 aliphatic carbocycles. The lowest BCUT2D eigenvalue weighted by Gasteiger charge is -2.35. The SMILES string of the molecule is Cc1oc(C)c(C(=O)NCC(c2ccccc2)N2CCOCC2)c1C. The fraction of sp³-hybridized carbons (Fsp3) is 0.450. The lowest BCUT2D eigenvalue weighted by molar-refractivity contribution is 0.0162. The van der Waals surface area contributed by atoms with Crippen LogP contribution in [0.2, 0.25) is 0 Å². The predicted molar refractivity (Wildman–Crippen MR) is 96.8 cm³/mol. The predicted octanol–water partition coefficient (Wildman–Crippen LogP) is 3.01. The van der Waals surface area contributed by atoms with E-state index in [1.54, 1.807) is 0 Å². The fourth-order valence-corrected chi connectivity index (χ4v) is 3.43. The van der Waals surface area contributed by atoms with Gasteiger partial charge in [0.05, 0.1) is 24.8 Å². The van der Waals surface area contributed by atoms with Crippen LogP contribution in [0.5, 0.6) is 0 Å². The zero-order valence-electron chi connectivity index (χ0n) is 15.2. The number of morpholine rings is 1. The highest BCUT2D eigenvalue weighted by atomic mass is 16.5. The monoisotopic (exact) mass is 342 g/mol. The Bertz CT molecular complexity index is 718. The van der Waals surface area contributed by atoms with E-state index in [9.17, 15) is 4.79 Å². The number of hydrogen-bond donors (Lipinski definition) is 1. The van der Waals surface area contributed by atoms with E-state index in [4.69, 9.17) is 9.15 Å². The van der Waals surface area contributed by atoms with Crippen LogP contribution in [0.4, 0.5) is 0 Å². The number of aryl methyl sites for hydroxylation is 2. The molecular weight excluding hydrogens is 316 g/mol. The maximum absolute atomic E-state index is 12.7. The Balaban J connectivity index is 1.75. The molecule has 1 unspecified atom stereocenters. The maximum atomic E-state index is 12.7. The third kappa shape index (κ3) is 3.94. The first kappa shape index (κ1) is 17.7. The van der Waals surface area contributed by atoms with E-state index in [0.29, 0.717) is 17.9 Å². The van der Waals surface area contributed by atoms with Gasteiger partial charge in [0.2, 0.25) is 0 Å². The number of nitrogens with zero attached hydrogens (tertiary/aromatic N) is 1. The minimum atomic E-state index is -0.0685. The lowest BCUT2D eigenvalue weighted by Crippen LogP contribution is -2.43. The number of benzene rings is 1. The second-order valence-electron chi connectivity index (χ2n) is 6.50. The number of rotatable bonds is 5. The summed E-state index contributed by atoms with van der Waals surface area (Å²) in [5, 5.41) is 3.11. The highest BCUT2D eigenvalue weighted by Gasteiger charge is 2.25. The fourth-order valence-electron chi connectivity index (χ4n) is 3.43. The Morgan fingerprint density at radius 1 is 1.12 bits per heavy atom. The summed E-state index contributed by atoms with van der Waals surface area (Å²) >= 11 is 0. The number of furan rings is 1. The minimum absolute atomic E-state index is 0.0685. The highest BCUT2D eigenvalue weighted by Crippen LogP contribution is 2.23. The van der Waals surface area contributed by atoms with Crippen molar-refractivity contribution in [1.82, 2.24) is 10.2 Å². The van der Waals surface area contributed by atoms with E-state index in [2.05, 4.69) is 22.3 Å². The van der Waals surface area contributed by atoms with Gasteiger partial charge in [0.1, 0.15) is 11.5 Å². The molecule has 1 fully saturated rings. The van der Waals surface area contributed by atoms with E-state index >= 15 is 0 Å². The topological polar surface area (TPSA) is 54.7 Å². The Morgan fingerprint density at radius 3 is 2.40 bits per heavy atom. The van der Waals surface area contributed by atoms with Crippen molar-refractivity contribution in [1.29, 1.82) is 0 Å². The molecule has 5 nitrogen and oxygen atoms in total. The first-order chi connectivity index (χ1) is 12.1. The van der Waals surface area contributed by atoms with E-state index < -0.39 is 0 Å². The summed E-state index contributed by atoms with van der Waals surface area (Å²) in [7, 11) is 0. The second-order valence-corrected chi connectivity index (χ2v) is 6.50. The molecule has 1 amide bonds. The van der Waals surface area contributed by atoms with Crippen molar-refractivity contribution in [2.45, 2.75) is 26.8 Å². The van der Waals surface area contributed by atoms with Crippen molar-refractivity contribution in [3.63, 3.8) is 0 Å². The Morgan fingerprint density at radius 2 is 1.80 bits per heavy atom. The quantitative estimate of drug-likeness (QED) is 0.907. The van der Waals surface area contributed by atoms with Crippen LogP contribution in [0.1, 0.15) is 39.0 Å². The molecule has 1 N–H and O–H groups in total. The van der Waals surface area contributed by atoms with Crippen LogP contribution in [0.25, 0.3) is 0 Å². The van der Waals surface area contributed by atoms with Gasteiger partial charge in [-0.3, -0.25) is 9.69 Å². The normalized spacial score (nSPS) is 16.6. The van der Waals surface area contributed by atoms with Crippen LogP contribution < -0.4 is 5.32 Å². The van der Waals surface area contributed by atoms with Crippen molar-refractivity contribution >= 4 is 5.91 Å². The van der Waals surface area contributed by atoms with E-state index in [1.165, 1.54) is 5.56 Å². The van der Waals surface area contributed by atoms with Crippen LogP contribution in [0, 0.1) is 20.8 Å². The molecule has 0 radical (unpaired) electrons. The van der Waals surface area contributed by atoms with Gasteiger partial charge in [-0.25, -0.2) is 0 Å². The van der Waals surface area contributed by atoms with Gasteiger partial charge >= 0.3 is 0 Å². The number of hydrogen-bond acceptors (Lipinski definition) is 4. The third-order valence-corrected chi connectivity index (χ3v) is 4.92. The zero-order chi connectivity index (χ0) is 17.8. The lowest BCUT2D eigenvalue weighted by atomic mass is 10.0. The van der Waals surface area contributed by atoms with E-state index in [-0.39, 0.29) is 11.9 Å². The number of carbonyl (C=O) groups excluding carboxylic acids is 1. The van der Waals surface area contributed by atoms with Crippen molar-refractivity contribution in [3.05, 3.63) is 58.5 Å². The summed E-state index contributed by atoms with van der Waals surface area (Å²) in [5.74, 6) is 1.41. The highest BCUT2D eigenvalue weighted by molar-refractivity contribution is 5.96. The van der Waals surface area contributed by atoms with Crippen LogP contribution in [0.3, 0.4) is 0 Å². The first-order valence-electron chi connectivity index (χ1n) is 8.79. The third-order valence-electron chi connectivity index (χ3n) is 4.92. The van der Waals surface area contributed by atoms with Crippen LogP contribution in [0.15, 0.2) is 34.7 Å². The van der Waals surface area contributed by atoms with Gasteiger partial charge in [-0.05, 0) is 26.3 Å². The van der Waals surface area contributed by atoms with Crippen molar-refractivity contribution in [2.75, 3.05) is 32.8 Å². The van der Waals surface area contributed by atoms with E-state index in [0.717, 1.165) is 37.6 Å². The number of nitrogens with one attached hydrogen (secondary N) is 1. The molecule has 1 aromatic carbocycles. The molecule has 0 bridgehead atoms. The molecule has 1 aliphatic rings.